The van der Waals surface area contributed by atoms with E-state index in [4.69, 9.17) is 4.74 Å². The minimum atomic E-state index is -0.543. The lowest BCUT2D eigenvalue weighted by Gasteiger charge is -2.17. The number of hydrogen-bond donors (Lipinski definition) is 0. The van der Waals surface area contributed by atoms with E-state index in [2.05, 4.69) is 6.92 Å². The van der Waals surface area contributed by atoms with Gasteiger partial charge in [-0.3, -0.25) is 0 Å². The summed E-state index contributed by atoms with van der Waals surface area (Å²) in [5, 5.41) is 1.73. The number of carbonyl (C=O) groups is 2. The van der Waals surface area contributed by atoms with Crippen molar-refractivity contribution in [2.24, 2.45) is 0 Å². The van der Waals surface area contributed by atoms with Crippen molar-refractivity contribution >= 4 is 34.5 Å². The Hall–Kier alpha value is -1.81. The van der Waals surface area contributed by atoms with E-state index in [1.165, 1.54) is 51.4 Å². The van der Waals surface area contributed by atoms with Crippen LogP contribution in [0.5, 0.6) is 0 Å². The second-order valence-electron chi connectivity index (χ2n) is 6.84. The molecule has 1 aliphatic rings. The summed E-state index contributed by atoms with van der Waals surface area (Å²) in [7, 11) is 0. The molecule has 0 radical (unpaired) electrons. The zero-order valence-electron chi connectivity index (χ0n) is 15.4. The van der Waals surface area contributed by atoms with Crippen LogP contribution in [0.3, 0.4) is 0 Å². The van der Waals surface area contributed by atoms with Gasteiger partial charge in [-0.2, -0.15) is 0 Å². The molecule has 3 rings (SSSR count). The van der Waals surface area contributed by atoms with Crippen molar-refractivity contribution < 1.29 is 14.3 Å². The zero-order valence-corrected chi connectivity index (χ0v) is 16.2. The molecule has 138 valence electrons. The van der Waals surface area contributed by atoms with Crippen molar-refractivity contribution in [3.8, 4) is 0 Å². The normalized spacial score (nSPS) is 13.3. The highest BCUT2D eigenvalue weighted by Crippen LogP contribution is 2.35. The van der Waals surface area contributed by atoms with Gasteiger partial charge in [0.15, 0.2) is 0 Å². The van der Waals surface area contributed by atoms with Gasteiger partial charge in [0.2, 0.25) is 0 Å². The van der Waals surface area contributed by atoms with Gasteiger partial charge in [-0.05, 0) is 35.8 Å². The molecule has 2 aromatic carbocycles. The fourth-order valence-corrected chi connectivity index (χ4v) is 4.52. The highest BCUT2D eigenvalue weighted by atomic mass is 32.2. The van der Waals surface area contributed by atoms with Gasteiger partial charge in [0.1, 0.15) is 0 Å². The number of cyclic esters (lactones) is 2. The van der Waals surface area contributed by atoms with Crippen LogP contribution in [-0.2, 0) is 4.74 Å². The SMILES string of the molecule is CCCCCCCCCCSc1ccc2c3c(cccc13)C(=O)OC2=O. The van der Waals surface area contributed by atoms with Crippen LogP contribution >= 0.6 is 11.8 Å². The molecule has 3 nitrogen and oxygen atoms in total. The molecule has 1 heterocycles. The number of esters is 2. The third-order valence-corrected chi connectivity index (χ3v) is 6.04. The summed E-state index contributed by atoms with van der Waals surface area (Å²) in [5.74, 6) is -0.0249. The molecule has 2 aromatic rings. The summed E-state index contributed by atoms with van der Waals surface area (Å²) in [5.41, 5.74) is 0.984. The predicted octanol–water partition coefficient (Wildman–Crippen LogP) is 6.38. The minimum Gasteiger partial charge on any atom is -0.386 e. The number of hydrogen-bond acceptors (Lipinski definition) is 4. The van der Waals surface area contributed by atoms with Crippen LogP contribution in [0.2, 0.25) is 0 Å². The highest BCUT2D eigenvalue weighted by Gasteiger charge is 2.27. The molecular weight excluding hydrogens is 344 g/mol. The molecule has 0 unspecified atom stereocenters. The van der Waals surface area contributed by atoms with Gasteiger partial charge in [0.05, 0.1) is 11.1 Å². The predicted molar refractivity (Wildman–Crippen MR) is 107 cm³/mol. The molecule has 0 aromatic heterocycles. The van der Waals surface area contributed by atoms with E-state index in [-0.39, 0.29) is 0 Å². The van der Waals surface area contributed by atoms with Gasteiger partial charge in [-0.1, -0.05) is 64.0 Å². The quantitative estimate of drug-likeness (QED) is 0.210. The molecule has 26 heavy (non-hydrogen) atoms. The number of ether oxygens (including phenoxy) is 1. The first kappa shape index (κ1) is 19.0. The van der Waals surface area contributed by atoms with Crippen molar-refractivity contribution in [3.63, 3.8) is 0 Å². The molecule has 0 aliphatic carbocycles. The molecule has 0 bridgehead atoms. The lowest BCUT2D eigenvalue weighted by Crippen LogP contribution is -2.19. The maximum atomic E-state index is 12.0. The van der Waals surface area contributed by atoms with Crippen molar-refractivity contribution in [2.45, 2.75) is 63.2 Å². The number of thioether (sulfide) groups is 1. The van der Waals surface area contributed by atoms with Gasteiger partial charge >= 0.3 is 11.9 Å². The Morgan fingerprint density at radius 2 is 1.46 bits per heavy atom. The monoisotopic (exact) mass is 370 g/mol. The maximum Gasteiger partial charge on any atom is 0.346 e. The van der Waals surface area contributed by atoms with Crippen LogP contribution in [0.1, 0.15) is 79.0 Å². The van der Waals surface area contributed by atoms with Gasteiger partial charge in [-0.25, -0.2) is 9.59 Å². The Bertz CT molecular complexity index is 777. The second-order valence-corrected chi connectivity index (χ2v) is 7.98. The van der Waals surface area contributed by atoms with E-state index >= 15 is 0 Å². The number of carbonyl (C=O) groups excluding carboxylic acids is 2. The summed E-state index contributed by atoms with van der Waals surface area (Å²) < 4.78 is 4.82. The first-order valence-corrected chi connectivity index (χ1v) is 10.7. The fraction of sp³-hybridized carbons (Fsp3) is 0.455. The molecule has 0 atom stereocenters. The van der Waals surface area contributed by atoms with Crippen LogP contribution in [0.15, 0.2) is 35.2 Å². The lowest BCUT2D eigenvalue weighted by molar-refractivity contribution is 0.0391. The van der Waals surface area contributed by atoms with Crippen LogP contribution in [-0.4, -0.2) is 17.7 Å². The summed E-state index contributed by atoms with van der Waals surface area (Å²) in [6.45, 7) is 2.25. The third kappa shape index (κ3) is 4.29. The summed E-state index contributed by atoms with van der Waals surface area (Å²) in [6, 6.07) is 9.35. The van der Waals surface area contributed by atoms with Crippen molar-refractivity contribution in [1.82, 2.24) is 0 Å². The Balaban J connectivity index is 1.58. The van der Waals surface area contributed by atoms with Gasteiger partial charge in [-0.15, -0.1) is 11.8 Å². The summed E-state index contributed by atoms with van der Waals surface area (Å²) in [4.78, 5) is 25.1. The zero-order chi connectivity index (χ0) is 18.4. The molecule has 0 fully saturated rings. The summed E-state index contributed by atoms with van der Waals surface area (Å²) in [6.07, 6.45) is 10.5. The molecule has 1 aliphatic heterocycles. The van der Waals surface area contributed by atoms with Crippen LogP contribution in [0.25, 0.3) is 10.8 Å². The lowest BCUT2D eigenvalue weighted by atomic mass is 9.97. The first-order chi connectivity index (χ1) is 12.7. The molecule has 0 amide bonds. The van der Waals surface area contributed by atoms with Crippen molar-refractivity contribution in [1.29, 1.82) is 0 Å². The van der Waals surface area contributed by atoms with E-state index in [9.17, 15) is 9.59 Å². The number of benzene rings is 2. The van der Waals surface area contributed by atoms with Crippen LogP contribution in [0.4, 0.5) is 0 Å². The van der Waals surface area contributed by atoms with E-state index in [0.29, 0.717) is 11.1 Å². The van der Waals surface area contributed by atoms with Crippen LogP contribution in [0, 0.1) is 0 Å². The van der Waals surface area contributed by atoms with E-state index in [1.807, 2.05) is 30.0 Å². The van der Waals surface area contributed by atoms with Crippen molar-refractivity contribution in [2.75, 3.05) is 5.75 Å². The third-order valence-electron chi connectivity index (χ3n) is 4.88. The first-order valence-electron chi connectivity index (χ1n) is 9.67. The van der Waals surface area contributed by atoms with E-state index < -0.39 is 11.9 Å². The smallest absolute Gasteiger partial charge is 0.346 e. The number of rotatable bonds is 10. The molecular formula is C22H26O3S. The topological polar surface area (TPSA) is 43.4 Å². The van der Waals surface area contributed by atoms with Gasteiger partial charge < -0.3 is 4.74 Å². The minimum absolute atomic E-state index is 0.492. The van der Waals surface area contributed by atoms with E-state index in [1.54, 1.807) is 12.1 Å². The highest BCUT2D eigenvalue weighted by molar-refractivity contribution is 7.99. The van der Waals surface area contributed by atoms with E-state index in [0.717, 1.165) is 21.4 Å². The molecule has 0 saturated heterocycles. The molecule has 0 saturated carbocycles. The number of unbranched alkanes of at least 4 members (excludes halogenated alkanes) is 7. The molecule has 0 N–H and O–H groups in total. The van der Waals surface area contributed by atoms with Crippen LogP contribution < -0.4 is 0 Å². The fourth-order valence-electron chi connectivity index (χ4n) is 3.46. The standard InChI is InChI=1S/C22H26O3S/c1-2-3-4-5-6-7-8-9-15-26-19-14-13-18-20-16(19)11-10-12-17(20)21(23)25-22(18)24/h10-14H,2-9,15H2,1H3. The molecule has 0 spiro atoms. The molecule has 4 heteroatoms. The average Bonchev–Trinajstić information content (AvgIpc) is 2.65. The Morgan fingerprint density at radius 1 is 0.808 bits per heavy atom. The average molecular weight is 371 g/mol. The summed E-state index contributed by atoms with van der Waals surface area (Å²) >= 11 is 1.81. The Labute approximate surface area is 159 Å². The van der Waals surface area contributed by atoms with Gasteiger partial charge in [0.25, 0.3) is 0 Å². The maximum absolute atomic E-state index is 12.0. The second kappa shape index (κ2) is 9.22. The Morgan fingerprint density at radius 3 is 2.19 bits per heavy atom. The largest absolute Gasteiger partial charge is 0.386 e. The van der Waals surface area contributed by atoms with Crippen molar-refractivity contribution in [3.05, 3.63) is 41.5 Å². The van der Waals surface area contributed by atoms with Gasteiger partial charge in [0, 0.05) is 10.3 Å². The Kier molecular flexibility index (Phi) is 6.73.